The third-order valence-electron chi connectivity index (χ3n) is 1.34. The standard InChI is InChI=1S/C7H11NS2/c1-5(2)8-4-6(3)10-7(8)9/h4-5H,1-3H3. The quantitative estimate of drug-likeness (QED) is 0.590. The van der Waals surface area contributed by atoms with Gasteiger partial charge in [-0.05, 0) is 33.0 Å². The van der Waals surface area contributed by atoms with Gasteiger partial charge in [-0.15, -0.1) is 11.3 Å². The van der Waals surface area contributed by atoms with Crippen molar-refractivity contribution in [3.8, 4) is 0 Å². The Morgan fingerprint density at radius 2 is 2.20 bits per heavy atom. The van der Waals surface area contributed by atoms with E-state index in [9.17, 15) is 0 Å². The number of thiazole rings is 1. The molecule has 0 radical (unpaired) electrons. The first-order chi connectivity index (χ1) is 4.61. The molecule has 0 bridgehead atoms. The van der Waals surface area contributed by atoms with Crippen molar-refractivity contribution in [2.45, 2.75) is 26.8 Å². The molecule has 0 saturated carbocycles. The Bertz CT molecular complexity index is 269. The molecule has 0 atom stereocenters. The first-order valence-electron chi connectivity index (χ1n) is 3.30. The van der Waals surface area contributed by atoms with Crippen LogP contribution in [0.15, 0.2) is 6.20 Å². The van der Waals surface area contributed by atoms with Crippen LogP contribution in [0, 0.1) is 10.9 Å². The molecule has 1 rings (SSSR count). The van der Waals surface area contributed by atoms with Crippen molar-refractivity contribution in [3.05, 3.63) is 15.0 Å². The van der Waals surface area contributed by atoms with Gasteiger partial charge in [0.2, 0.25) is 0 Å². The topological polar surface area (TPSA) is 4.93 Å². The van der Waals surface area contributed by atoms with Crippen molar-refractivity contribution in [2.75, 3.05) is 0 Å². The average Bonchev–Trinajstić information content (AvgIpc) is 2.10. The maximum Gasteiger partial charge on any atom is 0.161 e. The molecule has 1 aromatic heterocycles. The number of aromatic nitrogens is 1. The fourth-order valence-corrected chi connectivity index (χ4v) is 2.29. The summed E-state index contributed by atoms with van der Waals surface area (Å²) in [4.78, 5) is 1.29. The molecule has 1 heterocycles. The molecule has 0 unspecified atom stereocenters. The van der Waals surface area contributed by atoms with Gasteiger partial charge in [0.15, 0.2) is 3.95 Å². The molecule has 0 saturated heterocycles. The van der Waals surface area contributed by atoms with E-state index in [1.807, 2.05) is 0 Å². The summed E-state index contributed by atoms with van der Waals surface area (Å²) < 4.78 is 3.10. The highest BCUT2D eigenvalue weighted by Crippen LogP contribution is 2.15. The second-order valence-electron chi connectivity index (χ2n) is 2.61. The zero-order chi connectivity index (χ0) is 7.72. The lowest BCUT2D eigenvalue weighted by Crippen LogP contribution is -1.97. The van der Waals surface area contributed by atoms with Crippen LogP contribution in [-0.4, -0.2) is 4.57 Å². The zero-order valence-electron chi connectivity index (χ0n) is 6.42. The Labute approximate surface area is 70.3 Å². The SMILES string of the molecule is Cc1cn(C(C)C)c(=S)s1. The van der Waals surface area contributed by atoms with Crippen LogP contribution in [-0.2, 0) is 0 Å². The van der Waals surface area contributed by atoms with Gasteiger partial charge >= 0.3 is 0 Å². The van der Waals surface area contributed by atoms with E-state index in [2.05, 4.69) is 31.5 Å². The van der Waals surface area contributed by atoms with Gasteiger partial charge in [0.1, 0.15) is 0 Å². The van der Waals surface area contributed by atoms with E-state index in [-0.39, 0.29) is 0 Å². The van der Waals surface area contributed by atoms with Crippen molar-refractivity contribution in [1.82, 2.24) is 4.57 Å². The van der Waals surface area contributed by atoms with Crippen LogP contribution in [0.3, 0.4) is 0 Å². The maximum atomic E-state index is 5.13. The van der Waals surface area contributed by atoms with Gasteiger partial charge in [0.25, 0.3) is 0 Å². The molecule has 0 aliphatic rings. The molecule has 1 nitrogen and oxygen atoms in total. The minimum atomic E-state index is 0.498. The predicted octanol–water partition coefficient (Wildman–Crippen LogP) is 3.17. The fraction of sp³-hybridized carbons (Fsp3) is 0.571. The number of nitrogens with zero attached hydrogens (tertiary/aromatic N) is 1. The minimum absolute atomic E-state index is 0.498. The van der Waals surface area contributed by atoms with E-state index in [0.29, 0.717) is 6.04 Å². The van der Waals surface area contributed by atoms with Crippen LogP contribution in [0.5, 0.6) is 0 Å². The molecule has 3 heteroatoms. The van der Waals surface area contributed by atoms with E-state index >= 15 is 0 Å². The van der Waals surface area contributed by atoms with E-state index in [1.165, 1.54) is 4.88 Å². The van der Waals surface area contributed by atoms with Gasteiger partial charge < -0.3 is 4.57 Å². The van der Waals surface area contributed by atoms with Crippen molar-refractivity contribution < 1.29 is 0 Å². The number of hydrogen-bond donors (Lipinski definition) is 0. The van der Waals surface area contributed by atoms with Gasteiger partial charge in [0.05, 0.1) is 0 Å². The average molecular weight is 173 g/mol. The third-order valence-corrected chi connectivity index (χ3v) is 2.61. The first-order valence-corrected chi connectivity index (χ1v) is 4.52. The number of aryl methyl sites for hydroxylation is 1. The van der Waals surface area contributed by atoms with Crippen molar-refractivity contribution in [2.24, 2.45) is 0 Å². The molecule has 0 aliphatic carbocycles. The highest BCUT2D eigenvalue weighted by atomic mass is 32.1. The molecule has 1 aromatic rings. The third kappa shape index (κ3) is 1.47. The van der Waals surface area contributed by atoms with Gasteiger partial charge in [0, 0.05) is 17.1 Å². The van der Waals surface area contributed by atoms with E-state index < -0.39 is 0 Å². The summed E-state index contributed by atoms with van der Waals surface area (Å²) in [7, 11) is 0. The lowest BCUT2D eigenvalue weighted by molar-refractivity contribution is 0.599. The van der Waals surface area contributed by atoms with E-state index in [4.69, 9.17) is 12.2 Å². The van der Waals surface area contributed by atoms with Crippen LogP contribution < -0.4 is 0 Å². The van der Waals surface area contributed by atoms with Crippen LogP contribution >= 0.6 is 23.6 Å². The highest BCUT2D eigenvalue weighted by Gasteiger charge is 1.99. The molecule has 0 amide bonds. The summed E-state index contributed by atoms with van der Waals surface area (Å²) >= 11 is 6.81. The van der Waals surface area contributed by atoms with Crippen LogP contribution in [0.25, 0.3) is 0 Å². The Morgan fingerprint density at radius 3 is 2.40 bits per heavy atom. The van der Waals surface area contributed by atoms with E-state index in [0.717, 1.165) is 3.95 Å². The van der Waals surface area contributed by atoms with Crippen molar-refractivity contribution in [3.63, 3.8) is 0 Å². The maximum absolute atomic E-state index is 5.13. The predicted molar refractivity (Wildman–Crippen MR) is 48.3 cm³/mol. The fourth-order valence-electron chi connectivity index (χ4n) is 0.825. The Morgan fingerprint density at radius 1 is 1.60 bits per heavy atom. The largest absolute Gasteiger partial charge is 0.327 e. The molecule has 0 N–H and O–H groups in total. The summed E-state index contributed by atoms with van der Waals surface area (Å²) in [5.74, 6) is 0. The van der Waals surface area contributed by atoms with Gasteiger partial charge in [-0.1, -0.05) is 0 Å². The molecular weight excluding hydrogens is 162 g/mol. The summed E-state index contributed by atoms with van der Waals surface area (Å²) in [6.07, 6.45) is 2.11. The minimum Gasteiger partial charge on any atom is -0.327 e. The second kappa shape index (κ2) is 2.84. The van der Waals surface area contributed by atoms with E-state index in [1.54, 1.807) is 11.3 Å². The molecule has 0 fully saturated rings. The molecular formula is C7H11NS2. The lowest BCUT2D eigenvalue weighted by atomic mass is 10.4. The Balaban J connectivity index is 3.16. The smallest absolute Gasteiger partial charge is 0.161 e. The lowest BCUT2D eigenvalue weighted by Gasteiger charge is -2.04. The monoisotopic (exact) mass is 173 g/mol. The Kier molecular flexibility index (Phi) is 2.26. The van der Waals surface area contributed by atoms with Crippen LogP contribution in [0.1, 0.15) is 24.8 Å². The van der Waals surface area contributed by atoms with Gasteiger partial charge in [-0.2, -0.15) is 0 Å². The first kappa shape index (κ1) is 7.95. The summed E-state index contributed by atoms with van der Waals surface area (Å²) in [5, 5.41) is 0. The number of rotatable bonds is 1. The van der Waals surface area contributed by atoms with Crippen molar-refractivity contribution in [1.29, 1.82) is 0 Å². The summed E-state index contributed by atoms with van der Waals surface area (Å²) in [6.45, 7) is 6.36. The zero-order valence-corrected chi connectivity index (χ0v) is 8.05. The van der Waals surface area contributed by atoms with Crippen LogP contribution in [0.4, 0.5) is 0 Å². The number of hydrogen-bond acceptors (Lipinski definition) is 2. The molecule has 0 aromatic carbocycles. The summed E-state index contributed by atoms with van der Waals surface area (Å²) in [5.41, 5.74) is 0. The van der Waals surface area contributed by atoms with Crippen molar-refractivity contribution >= 4 is 23.6 Å². The summed E-state index contributed by atoms with van der Waals surface area (Å²) in [6, 6.07) is 0.498. The normalized spacial score (nSPS) is 10.8. The molecule has 0 aliphatic heterocycles. The molecule has 10 heavy (non-hydrogen) atoms. The molecule has 0 spiro atoms. The van der Waals surface area contributed by atoms with Crippen LogP contribution in [0.2, 0.25) is 0 Å². The Hall–Kier alpha value is -0.150. The highest BCUT2D eigenvalue weighted by molar-refractivity contribution is 7.73. The second-order valence-corrected chi connectivity index (χ2v) is 4.49. The van der Waals surface area contributed by atoms with Gasteiger partial charge in [-0.3, -0.25) is 0 Å². The van der Waals surface area contributed by atoms with Gasteiger partial charge in [-0.25, -0.2) is 0 Å². The molecule has 56 valence electrons.